The SMILES string of the molecule is CCOC(=O)Nc1cnc[nH]1. The van der Waals surface area contributed by atoms with Crippen LogP contribution in [0.3, 0.4) is 0 Å². The average molecular weight is 155 g/mol. The second-order valence-corrected chi connectivity index (χ2v) is 1.81. The summed E-state index contributed by atoms with van der Waals surface area (Å²) in [4.78, 5) is 17.1. The van der Waals surface area contributed by atoms with Crippen molar-refractivity contribution < 1.29 is 9.53 Å². The number of carbonyl (C=O) groups is 1. The number of anilines is 1. The molecule has 1 heterocycles. The Balaban J connectivity index is 2.37. The molecule has 0 saturated heterocycles. The van der Waals surface area contributed by atoms with Gasteiger partial charge in [0.1, 0.15) is 5.82 Å². The Morgan fingerprint density at radius 1 is 1.91 bits per heavy atom. The number of carbonyl (C=O) groups excluding carboxylic acids is 1. The molecule has 0 unspecified atom stereocenters. The van der Waals surface area contributed by atoms with Gasteiger partial charge in [-0.15, -0.1) is 0 Å². The Morgan fingerprint density at radius 3 is 3.27 bits per heavy atom. The Kier molecular flexibility index (Phi) is 2.48. The van der Waals surface area contributed by atoms with E-state index in [4.69, 9.17) is 0 Å². The molecule has 60 valence electrons. The fraction of sp³-hybridized carbons (Fsp3) is 0.333. The maximum absolute atomic E-state index is 10.7. The van der Waals surface area contributed by atoms with E-state index in [1.54, 1.807) is 6.92 Å². The van der Waals surface area contributed by atoms with Crippen molar-refractivity contribution in [1.29, 1.82) is 0 Å². The van der Waals surface area contributed by atoms with Crippen LogP contribution in [0.1, 0.15) is 6.92 Å². The first-order chi connectivity index (χ1) is 5.33. The van der Waals surface area contributed by atoms with Gasteiger partial charge < -0.3 is 9.72 Å². The molecular weight excluding hydrogens is 146 g/mol. The van der Waals surface area contributed by atoms with Crippen LogP contribution in [0.15, 0.2) is 12.5 Å². The molecule has 0 aliphatic carbocycles. The quantitative estimate of drug-likeness (QED) is 0.668. The van der Waals surface area contributed by atoms with Crippen LogP contribution in [0.5, 0.6) is 0 Å². The van der Waals surface area contributed by atoms with E-state index in [1.165, 1.54) is 12.5 Å². The van der Waals surface area contributed by atoms with E-state index in [0.29, 0.717) is 12.4 Å². The van der Waals surface area contributed by atoms with Crippen molar-refractivity contribution in [3.8, 4) is 0 Å². The fourth-order valence-corrected chi connectivity index (χ4v) is 0.601. The van der Waals surface area contributed by atoms with E-state index >= 15 is 0 Å². The second-order valence-electron chi connectivity index (χ2n) is 1.81. The lowest BCUT2D eigenvalue weighted by Crippen LogP contribution is -2.13. The average Bonchev–Trinajstić information content (AvgIpc) is 2.40. The summed E-state index contributed by atoms with van der Waals surface area (Å²) >= 11 is 0. The third-order valence-electron chi connectivity index (χ3n) is 1.01. The molecule has 0 aromatic carbocycles. The molecule has 5 nitrogen and oxygen atoms in total. The monoisotopic (exact) mass is 155 g/mol. The molecule has 2 N–H and O–H groups in total. The third-order valence-corrected chi connectivity index (χ3v) is 1.01. The van der Waals surface area contributed by atoms with Gasteiger partial charge in [-0.25, -0.2) is 9.78 Å². The Hall–Kier alpha value is -1.52. The molecule has 1 aromatic rings. The van der Waals surface area contributed by atoms with Crippen molar-refractivity contribution in [3.63, 3.8) is 0 Å². The van der Waals surface area contributed by atoms with E-state index in [9.17, 15) is 4.79 Å². The summed E-state index contributed by atoms with van der Waals surface area (Å²) in [6, 6.07) is 0. The minimum atomic E-state index is -0.475. The van der Waals surface area contributed by atoms with E-state index in [2.05, 4.69) is 20.0 Å². The van der Waals surface area contributed by atoms with Gasteiger partial charge in [0.25, 0.3) is 0 Å². The summed E-state index contributed by atoms with van der Waals surface area (Å²) in [6.45, 7) is 2.10. The lowest BCUT2D eigenvalue weighted by atomic mass is 10.7. The van der Waals surface area contributed by atoms with E-state index in [0.717, 1.165) is 0 Å². The maximum atomic E-state index is 10.7. The first kappa shape index (κ1) is 7.59. The van der Waals surface area contributed by atoms with Crippen molar-refractivity contribution in [2.24, 2.45) is 0 Å². The summed E-state index contributed by atoms with van der Waals surface area (Å²) in [5.41, 5.74) is 0. The summed E-state index contributed by atoms with van der Waals surface area (Å²) in [5.74, 6) is 0.531. The highest BCUT2D eigenvalue weighted by Gasteiger charge is 2.00. The molecular formula is C6H9N3O2. The molecule has 0 spiro atoms. The van der Waals surface area contributed by atoms with Crippen molar-refractivity contribution in [2.45, 2.75) is 6.92 Å². The highest BCUT2D eigenvalue weighted by Crippen LogP contribution is 1.97. The maximum Gasteiger partial charge on any atom is 0.412 e. The van der Waals surface area contributed by atoms with Gasteiger partial charge in [0, 0.05) is 0 Å². The van der Waals surface area contributed by atoms with Gasteiger partial charge in [-0.1, -0.05) is 0 Å². The molecule has 0 aliphatic heterocycles. The zero-order valence-electron chi connectivity index (χ0n) is 6.13. The normalized spacial score (nSPS) is 9.18. The molecule has 11 heavy (non-hydrogen) atoms. The number of aromatic nitrogens is 2. The summed E-state index contributed by atoms with van der Waals surface area (Å²) in [6.07, 6.45) is 2.50. The molecule has 1 amide bonds. The topological polar surface area (TPSA) is 67.0 Å². The van der Waals surface area contributed by atoms with Crippen LogP contribution in [0.2, 0.25) is 0 Å². The minimum Gasteiger partial charge on any atom is -0.450 e. The smallest absolute Gasteiger partial charge is 0.412 e. The highest BCUT2D eigenvalue weighted by molar-refractivity contribution is 5.82. The number of imidazole rings is 1. The van der Waals surface area contributed by atoms with Crippen LogP contribution in [0.4, 0.5) is 10.6 Å². The van der Waals surface area contributed by atoms with Crippen LogP contribution in [-0.4, -0.2) is 22.7 Å². The number of hydrogen-bond acceptors (Lipinski definition) is 3. The Bertz CT molecular complexity index is 220. The molecule has 0 radical (unpaired) electrons. The van der Waals surface area contributed by atoms with Crippen molar-refractivity contribution >= 4 is 11.9 Å². The zero-order valence-corrected chi connectivity index (χ0v) is 6.13. The fourth-order valence-electron chi connectivity index (χ4n) is 0.601. The number of ether oxygens (including phenoxy) is 1. The second kappa shape index (κ2) is 3.60. The van der Waals surface area contributed by atoms with Gasteiger partial charge in [-0.05, 0) is 6.92 Å². The number of hydrogen-bond donors (Lipinski definition) is 2. The van der Waals surface area contributed by atoms with Gasteiger partial charge in [0.05, 0.1) is 19.1 Å². The lowest BCUT2D eigenvalue weighted by Gasteiger charge is -2.00. The van der Waals surface area contributed by atoms with Crippen molar-refractivity contribution in [3.05, 3.63) is 12.5 Å². The number of nitrogens with one attached hydrogen (secondary N) is 2. The number of aromatic amines is 1. The van der Waals surface area contributed by atoms with E-state index < -0.39 is 6.09 Å². The minimum absolute atomic E-state index is 0.361. The molecule has 5 heteroatoms. The van der Waals surface area contributed by atoms with Crippen molar-refractivity contribution in [1.82, 2.24) is 9.97 Å². The van der Waals surface area contributed by atoms with E-state index in [-0.39, 0.29) is 0 Å². The standard InChI is InChI=1S/C6H9N3O2/c1-2-11-6(10)9-5-3-7-4-8-5/h3-4H,2H2,1H3,(H,7,8)(H,9,10). The third kappa shape index (κ3) is 2.29. The number of rotatable bonds is 2. The first-order valence-electron chi connectivity index (χ1n) is 3.25. The lowest BCUT2D eigenvalue weighted by molar-refractivity contribution is 0.168. The van der Waals surface area contributed by atoms with Gasteiger partial charge in [-0.2, -0.15) is 0 Å². The Labute approximate surface area is 63.8 Å². The molecule has 0 fully saturated rings. The van der Waals surface area contributed by atoms with Gasteiger partial charge in [-0.3, -0.25) is 5.32 Å². The van der Waals surface area contributed by atoms with Gasteiger partial charge >= 0.3 is 6.09 Å². The molecule has 0 aliphatic rings. The predicted octanol–water partition coefficient (Wildman–Crippen LogP) is 0.978. The van der Waals surface area contributed by atoms with Gasteiger partial charge in [0.15, 0.2) is 0 Å². The van der Waals surface area contributed by atoms with Gasteiger partial charge in [0.2, 0.25) is 0 Å². The summed E-state index contributed by atoms with van der Waals surface area (Å²) in [5, 5.41) is 2.44. The van der Waals surface area contributed by atoms with Crippen LogP contribution in [-0.2, 0) is 4.74 Å². The Morgan fingerprint density at radius 2 is 2.73 bits per heavy atom. The molecule has 0 saturated carbocycles. The van der Waals surface area contributed by atoms with Crippen LogP contribution >= 0.6 is 0 Å². The molecule has 0 atom stereocenters. The predicted molar refractivity (Wildman–Crippen MR) is 39.2 cm³/mol. The molecule has 0 bridgehead atoms. The number of amides is 1. The van der Waals surface area contributed by atoms with Crippen LogP contribution in [0.25, 0.3) is 0 Å². The largest absolute Gasteiger partial charge is 0.450 e. The first-order valence-corrected chi connectivity index (χ1v) is 3.25. The van der Waals surface area contributed by atoms with Crippen LogP contribution < -0.4 is 5.32 Å². The van der Waals surface area contributed by atoms with Crippen LogP contribution in [0, 0.1) is 0 Å². The van der Waals surface area contributed by atoms with E-state index in [1.807, 2.05) is 0 Å². The number of nitrogens with zero attached hydrogens (tertiary/aromatic N) is 1. The zero-order chi connectivity index (χ0) is 8.10. The van der Waals surface area contributed by atoms with Crippen molar-refractivity contribution in [2.75, 3.05) is 11.9 Å². The summed E-state index contributed by atoms with van der Waals surface area (Å²) in [7, 11) is 0. The highest BCUT2D eigenvalue weighted by atomic mass is 16.5. The number of H-pyrrole nitrogens is 1. The molecule has 1 aromatic heterocycles. The summed E-state index contributed by atoms with van der Waals surface area (Å²) < 4.78 is 4.62. The molecule has 1 rings (SSSR count).